The number of hydrazone groups is 1. The summed E-state index contributed by atoms with van der Waals surface area (Å²) in [4.78, 5) is 24.4. The Balaban J connectivity index is 1.80. The molecule has 25 heavy (non-hydrogen) atoms. The van der Waals surface area contributed by atoms with Crippen LogP contribution in [0.15, 0.2) is 46.9 Å². The van der Waals surface area contributed by atoms with Gasteiger partial charge in [-0.05, 0) is 30.4 Å². The van der Waals surface area contributed by atoms with Gasteiger partial charge in [0.1, 0.15) is 0 Å². The summed E-state index contributed by atoms with van der Waals surface area (Å²) < 4.78 is 0. The highest BCUT2D eigenvalue weighted by Gasteiger charge is 2.33. The second-order valence-corrected chi connectivity index (χ2v) is 7.11. The zero-order chi connectivity index (χ0) is 17.8. The molecule has 0 fully saturated rings. The van der Waals surface area contributed by atoms with Crippen LogP contribution in [-0.2, 0) is 9.59 Å². The molecule has 0 radical (unpaired) electrons. The Morgan fingerprint density at radius 3 is 2.64 bits per heavy atom. The molecule has 0 saturated carbocycles. The van der Waals surface area contributed by atoms with Crippen molar-refractivity contribution in [2.24, 2.45) is 5.10 Å². The number of aryl methyl sites for hydroxylation is 1. The highest BCUT2D eigenvalue weighted by molar-refractivity contribution is 7.10. The topological polar surface area (TPSA) is 70.0 Å². The van der Waals surface area contributed by atoms with Crippen molar-refractivity contribution in [1.82, 2.24) is 5.01 Å². The number of hydrogen-bond acceptors (Lipinski definition) is 4. The van der Waals surface area contributed by atoms with Gasteiger partial charge < -0.3 is 5.11 Å². The van der Waals surface area contributed by atoms with Crippen molar-refractivity contribution in [3.8, 4) is 0 Å². The molecule has 5 nitrogen and oxygen atoms in total. The number of carbonyl (C=O) groups is 2. The molecule has 1 atom stereocenters. The molecular formula is C19H20N2O3S. The lowest BCUT2D eigenvalue weighted by Gasteiger charge is -2.20. The van der Waals surface area contributed by atoms with Gasteiger partial charge in [-0.1, -0.05) is 35.9 Å². The zero-order valence-corrected chi connectivity index (χ0v) is 14.8. The van der Waals surface area contributed by atoms with Gasteiger partial charge in [-0.15, -0.1) is 11.3 Å². The first kappa shape index (κ1) is 17.4. The van der Waals surface area contributed by atoms with Crippen LogP contribution >= 0.6 is 11.3 Å². The summed E-state index contributed by atoms with van der Waals surface area (Å²) in [5, 5.41) is 16.9. The minimum Gasteiger partial charge on any atom is -0.481 e. The van der Waals surface area contributed by atoms with Crippen LogP contribution in [0.5, 0.6) is 0 Å². The third kappa shape index (κ3) is 4.14. The average Bonchev–Trinajstić information content (AvgIpc) is 3.24. The minimum absolute atomic E-state index is 0.00220. The van der Waals surface area contributed by atoms with E-state index in [0.717, 1.165) is 16.2 Å². The molecule has 2 heterocycles. The molecule has 1 amide bonds. The number of nitrogens with zero attached hydrogens (tertiary/aromatic N) is 2. The molecule has 2 aromatic rings. The summed E-state index contributed by atoms with van der Waals surface area (Å²) >= 11 is 1.61. The fourth-order valence-electron chi connectivity index (χ4n) is 2.87. The van der Waals surface area contributed by atoms with Crippen molar-refractivity contribution in [2.75, 3.05) is 0 Å². The Hall–Kier alpha value is -2.47. The van der Waals surface area contributed by atoms with Gasteiger partial charge in [-0.3, -0.25) is 9.59 Å². The summed E-state index contributed by atoms with van der Waals surface area (Å²) in [5.41, 5.74) is 3.09. The lowest BCUT2D eigenvalue weighted by molar-refractivity contribution is -0.137. The van der Waals surface area contributed by atoms with Crippen molar-refractivity contribution >= 4 is 28.9 Å². The molecule has 1 N–H and O–H groups in total. The van der Waals surface area contributed by atoms with Crippen LogP contribution in [0.2, 0.25) is 0 Å². The minimum atomic E-state index is -0.882. The van der Waals surface area contributed by atoms with E-state index in [0.29, 0.717) is 12.8 Å². The number of carboxylic acid groups (broad SMARTS) is 1. The second kappa shape index (κ2) is 7.61. The van der Waals surface area contributed by atoms with Gasteiger partial charge in [-0.25, -0.2) is 5.01 Å². The fraction of sp³-hybridized carbons (Fsp3) is 0.316. The van der Waals surface area contributed by atoms with E-state index in [9.17, 15) is 9.59 Å². The molecule has 3 rings (SSSR count). The van der Waals surface area contributed by atoms with Crippen LogP contribution in [0.25, 0.3) is 0 Å². The second-order valence-electron chi connectivity index (χ2n) is 6.13. The fourth-order valence-corrected chi connectivity index (χ4v) is 3.68. The molecule has 1 aromatic heterocycles. The number of aliphatic carboxylic acids is 1. The van der Waals surface area contributed by atoms with E-state index in [1.807, 2.05) is 48.7 Å². The van der Waals surface area contributed by atoms with Crippen molar-refractivity contribution in [3.63, 3.8) is 0 Å². The largest absolute Gasteiger partial charge is 0.481 e. The molecule has 1 aliphatic heterocycles. The smallest absolute Gasteiger partial charge is 0.303 e. The van der Waals surface area contributed by atoms with Gasteiger partial charge in [0, 0.05) is 24.1 Å². The molecule has 130 valence electrons. The number of thiophene rings is 1. The van der Waals surface area contributed by atoms with Crippen LogP contribution < -0.4 is 0 Å². The van der Waals surface area contributed by atoms with E-state index in [1.54, 1.807) is 16.3 Å². The molecule has 0 unspecified atom stereocenters. The Kier molecular flexibility index (Phi) is 5.28. The summed E-state index contributed by atoms with van der Waals surface area (Å²) in [5.74, 6) is -1.00. The highest BCUT2D eigenvalue weighted by atomic mass is 32.1. The molecule has 6 heteroatoms. The number of carboxylic acids is 1. The summed E-state index contributed by atoms with van der Waals surface area (Å²) in [7, 11) is 0. The molecule has 0 aliphatic carbocycles. The van der Waals surface area contributed by atoms with Crippen LogP contribution in [-0.4, -0.2) is 27.7 Å². The normalized spacial score (nSPS) is 16.8. The maximum atomic E-state index is 12.6. The SMILES string of the molecule is Cc1ccc(C2=NN(C(=O)CCCC(=O)O)[C@@H](c3cccs3)C2)cc1. The number of hydrogen-bond donors (Lipinski definition) is 1. The zero-order valence-electron chi connectivity index (χ0n) is 14.0. The number of benzene rings is 1. The third-order valence-corrected chi connectivity index (χ3v) is 5.18. The van der Waals surface area contributed by atoms with E-state index in [-0.39, 0.29) is 24.8 Å². The van der Waals surface area contributed by atoms with Crippen LogP contribution in [0.3, 0.4) is 0 Å². The lowest BCUT2D eigenvalue weighted by Crippen LogP contribution is -2.26. The van der Waals surface area contributed by atoms with E-state index in [2.05, 4.69) is 5.10 Å². The molecule has 1 aromatic carbocycles. The van der Waals surface area contributed by atoms with Gasteiger partial charge >= 0.3 is 5.97 Å². The maximum absolute atomic E-state index is 12.6. The Bertz CT molecular complexity index is 782. The quantitative estimate of drug-likeness (QED) is 0.851. The Morgan fingerprint density at radius 1 is 1.24 bits per heavy atom. The number of amides is 1. The van der Waals surface area contributed by atoms with Gasteiger partial charge in [-0.2, -0.15) is 5.10 Å². The third-order valence-electron chi connectivity index (χ3n) is 4.20. The van der Waals surface area contributed by atoms with E-state index in [4.69, 9.17) is 5.11 Å². The van der Waals surface area contributed by atoms with E-state index >= 15 is 0 Å². The first-order chi connectivity index (χ1) is 12.0. The molecule has 0 spiro atoms. The van der Waals surface area contributed by atoms with Crippen molar-refractivity contribution in [3.05, 3.63) is 57.8 Å². The first-order valence-corrected chi connectivity index (χ1v) is 9.14. The summed E-state index contributed by atoms with van der Waals surface area (Å²) in [6.45, 7) is 2.03. The molecule has 0 saturated heterocycles. The highest BCUT2D eigenvalue weighted by Crippen LogP contribution is 2.35. The Labute approximate surface area is 150 Å². The predicted molar refractivity (Wildman–Crippen MR) is 97.7 cm³/mol. The molecule has 0 bridgehead atoms. The van der Waals surface area contributed by atoms with Crippen LogP contribution in [0, 0.1) is 6.92 Å². The van der Waals surface area contributed by atoms with Gasteiger partial charge in [0.15, 0.2) is 0 Å². The number of rotatable bonds is 6. The van der Waals surface area contributed by atoms with Crippen LogP contribution in [0.1, 0.15) is 47.7 Å². The van der Waals surface area contributed by atoms with Gasteiger partial charge in [0.25, 0.3) is 0 Å². The monoisotopic (exact) mass is 356 g/mol. The number of carbonyl (C=O) groups excluding carboxylic acids is 1. The van der Waals surface area contributed by atoms with Crippen LogP contribution in [0.4, 0.5) is 0 Å². The van der Waals surface area contributed by atoms with Crippen molar-refractivity contribution in [2.45, 2.75) is 38.6 Å². The van der Waals surface area contributed by atoms with E-state index < -0.39 is 5.97 Å². The predicted octanol–water partition coefficient (Wildman–Crippen LogP) is 3.99. The average molecular weight is 356 g/mol. The van der Waals surface area contributed by atoms with E-state index in [1.165, 1.54) is 5.56 Å². The van der Waals surface area contributed by atoms with Crippen molar-refractivity contribution < 1.29 is 14.7 Å². The standard InChI is InChI=1S/C19H20N2O3S/c1-13-7-9-14(10-8-13)15-12-16(17-4-3-11-25-17)21(20-15)18(22)5-2-6-19(23)24/h3-4,7-11,16H,2,5-6,12H2,1H3,(H,23,24)/t16-/m1/s1. The van der Waals surface area contributed by atoms with Crippen molar-refractivity contribution in [1.29, 1.82) is 0 Å². The Morgan fingerprint density at radius 2 is 2.00 bits per heavy atom. The van der Waals surface area contributed by atoms with Gasteiger partial charge in [0.05, 0.1) is 11.8 Å². The van der Waals surface area contributed by atoms with Gasteiger partial charge in [0.2, 0.25) is 5.91 Å². The lowest BCUT2D eigenvalue weighted by atomic mass is 10.0. The maximum Gasteiger partial charge on any atom is 0.303 e. The first-order valence-electron chi connectivity index (χ1n) is 8.26. The summed E-state index contributed by atoms with van der Waals surface area (Å²) in [6.07, 6.45) is 1.20. The molecule has 1 aliphatic rings. The summed E-state index contributed by atoms with van der Waals surface area (Å²) in [6, 6.07) is 12.0. The molecular weight excluding hydrogens is 336 g/mol.